The van der Waals surface area contributed by atoms with Crippen LogP contribution in [0, 0.1) is 0 Å². The van der Waals surface area contributed by atoms with E-state index in [0.717, 1.165) is 12.8 Å². The van der Waals surface area contributed by atoms with Gasteiger partial charge >= 0.3 is 0 Å². The van der Waals surface area contributed by atoms with Gasteiger partial charge in [0.2, 0.25) is 0 Å². The molecule has 1 N–H and O–H groups in total. The van der Waals surface area contributed by atoms with Crippen LogP contribution in [0.4, 0.5) is 0 Å². The Balaban J connectivity index is 0.00000108. The van der Waals surface area contributed by atoms with Gasteiger partial charge in [0.25, 0.3) is 0 Å². The van der Waals surface area contributed by atoms with Crippen LogP contribution in [0.2, 0.25) is 0 Å². The summed E-state index contributed by atoms with van der Waals surface area (Å²) in [6.45, 7) is 4.00. The molecule has 0 saturated carbocycles. The maximum absolute atomic E-state index is 3.76. The molecule has 0 unspecified atom stereocenters. The first-order valence-corrected chi connectivity index (χ1v) is 13.0. The van der Waals surface area contributed by atoms with Crippen molar-refractivity contribution in [3.8, 4) is 16.8 Å². The molecular weight excluding hydrogens is 436 g/mol. The van der Waals surface area contributed by atoms with Crippen LogP contribution in [-0.2, 0) is 12.8 Å². The largest absolute Gasteiger partial charge is 0.354 e. The van der Waals surface area contributed by atoms with Crippen molar-refractivity contribution in [2.75, 3.05) is 0 Å². The monoisotopic (exact) mass is 464 g/mol. The zero-order valence-electron chi connectivity index (χ0n) is 20.7. The molecule has 0 fully saturated rings. The fourth-order valence-corrected chi connectivity index (χ4v) is 6.13. The minimum atomic E-state index is 1.06. The van der Waals surface area contributed by atoms with Crippen molar-refractivity contribution in [3.63, 3.8) is 0 Å². The van der Waals surface area contributed by atoms with Crippen LogP contribution >= 0.6 is 0 Å². The van der Waals surface area contributed by atoms with Crippen molar-refractivity contribution >= 4 is 43.6 Å². The van der Waals surface area contributed by atoms with E-state index in [4.69, 9.17) is 0 Å². The van der Waals surface area contributed by atoms with E-state index in [1.165, 1.54) is 71.6 Å². The van der Waals surface area contributed by atoms with Gasteiger partial charge in [-0.2, -0.15) is 0 Å². The number of rotatable bonds is 2. The highest BCUT2D eigenvalue weighted by atomic mass is 15.0. The maximum Gasteiger partial charge on any atom is 0.0551 e. The van der Waals surface area contributed by atoms with Gasteiger partial charge in [-0.25, -0.2) is 0 Å². The Morgan fingerprint density at radius 3 is 2.11 bits per heavy atom. The standard InChI is InChI=1S/C32H22N2.C2H6/c1-3-9-20(10-4-1)22-17-21-15-16-25-31-29(19-26-24-13-7-8-14-27(24)33-32(25)26)34(28(18-22)30(21)31)23-11-5-2-6-12-23;1-2/h1-14,17-19,33H,15-16H2;1-2H3. The Bertz CT molecular complexity index is 1890. The predicted octanol–water partition coefficient (Wildman–Crippen LogP) is 9.21. The second-order valence-corrected chi connectivity index (χ2v) is 9.41. The summed E-state index contributed by atoms with van der Waals surface area (Å²) in [6, 6.07) is 37.5. The molecule has 0 radical (unpaired) electrons. The van der Waals surface area contributed by atoms with Crippen LogP contribution in [0.3, 0.4) is 0 Å². The van der Waals surface area contributed by atoms with Crippen molar-refractivity contribution in [1.82, 2.24) is 9.55 Å². The molecule has 0 bridgehead atoms. The van der Waals surface area contributed by atoms with Crippen LogP contribution in [0.1, 0.15) is 25.0 Å². The Morgan fingerprint density at radius 2 is 1.31 bits per heavy atom. The highest BCUT2D eigenvalue weighted by Gasteiger charge is 2.25. The van der Waals surface area contributed by atoms with Gasteiger partial charge in [-0.05, 0) is 65.4 Å². The molecule has 2 aromatic heterocycles. The number of para-hydroxylation sites is 2. The van der Waals surface area contributed by atoms with Crippen molar-refractivity contribution in [2.24, 2.45) is 0 Å². The van der Waals surface area contributed by atoms with Crippen LogP contribution in [0.15, 0.2) is 103 Å². The normalized spacial score (nSPS) is 12.5. The van der Waals surface area contributed by atoms with E-state index in [1.54, 1.807) is 0 Å². The molecule has 0 spiro atoms. The third-order valence-electron chi connectivity index (χ3n) is 7.58. The number of fused-ring (bicyclic) bond motifs is 4. The van der Waals surface area contributed by atoms with E-state index in [-0.39, 0.29) is 0 Å². The van der Waals surface area contributed by atoms with Crippen LogP contribution in [0.5, 0.6) is 0 Å². The highest BCUT2D eigenvalue weighted by Crippen LogP contribution is 2.45. The molecule has 2 nitrogen and oxygen atoms in total. The molecule has 7 aromatic rings. The van der Waals surface area contributed by atoms with Gasteiger partial charge in [-0.3, -0.25) is 0 Å². The van der Waals surface area contributed by atoms with Crippen molar-refractivity contribution in [3.05, 3.63) is 114 Å². The van der Waals surface area contributed by atoms with Gasteiger partial charge in [0.1, 0.15) is 0 Å². The van der Waals surface area contributed by atoms with E-state index >= 15 is 0 Å². The predicted molar refractivity (Wildman–Crippen MR) is 154 cm³/mol. The Morgan fingerprint density at radius 1 is 0.611 bits per heavy atom. The number of hydrogen-bond acceptors (Lipinski definition) is 0. The third-order valence-corrected chi connectivity index (χ3v) is 7.58. The van der Waals surface area contributed by atoms with E-state index in [0.29, 0.717) is 0 Å². The molecule has 2 heterocycles. The minimum absolute atomic E-state index is 1.06. The Labute approximate surface area is 210 Å². The minimum Gasteiger partial charge on any atom is -0.354 e. The Kier molecular flexibility index (Phi) is 4.75. The molecular formula is C34H28N2. The molecule has 0 aliphatic heterocycles. The van der Waals surface area contributed by atoms with Crippen LogP contribution < -0.4 is 0 Å². The van der Waals surface area contributed by atoms with E-state index < -0.39 is 0 Å². The number of nitrogens with one attached hydrogen (secondary N) is 1. The van der Waals surface area contributed by atoms with Crippen molar-refractivity contribution < 1.29 is 0 Å². The topological polar surface area (TPSA) is 20.7 Å². The van der Waals surface area contributed by atoms with Crippen molar-refractivity contribution in [1.29, 1.82) is 0 Å². The van der Waals surface area contributed by atoms with E-state index in [9.17, 15) is 0 Å². The summed E-state index contributed by atoms with van der Waals surface area (Å²) in [7, 11) is 0. The fourth-order valence-electron chi connectivity index (χ4n) is 6.13. The molecule has 2 heteroatoms. The number of aryl methyl sites for hydroxylation is 2. The number of H-pyrrole nitrogens is 1. The lowest BCUT2D eigenvalue weighted by molar-refractivity contribution is 0.975. The molecule has 8 rings (SSSR count). The SMILES string of the molecule is CC.c1ccc(-c2cc3c4c5c(c6[nH]c7ccccc7c6cc5n(-c5ccccc5)c4c2)CC3)cc1. The summed E-state index contributed by atoms with van der Waals surface area (Å²) < 4.78 is 2.48. The molecule has 5 aromatic carbocycles. The smallest absolute Gasteiger partial charge is 0.0551 e. The van der Waals surface area contributed by atoms with Gasteiger partial charge in [0, 0.05) is 32.7 Å². The molecule has 0 amide bonds. The van der Waals surface area contributed by atoms with Crippen LogP contribution in [0.25, 0.3) is 60.4 Å². The lowest BCUT2D eigenvalue weighted by Gasteiger charge is -2.15. The summed E-state index contributed by atoms with van der Waals surface area (Å²) in [5.74, 6) is 0. The molecule has 0 saturated heterocycles. The van der Waals surface area contributed by atoms with Gasteiger partial charge in [-0.15, -0.1) is 0 Å². The van der Waals surface area contributed by atoms with Gasteiger partial charge in [0.15, 0.2) is 0 Å². The first-order valence-electron chi connectivity index (χ1n) is 13.0. The molecule has 174 valence electrons. The maximum atomic E-state index is 3.76. The number of aromatic nitrogens is 2. The lowest BCUT2D eigenvalue weighted by atomic mass is 9.87. The number of aromatic amines is 1. The number of nitrogens with zero attached hydrogens (tertiary/aromatic N) is 1. The molecule has 0 atom stereocenters. The average molecular weight is 465 g/mol. The molecule has 1 aliphatic carbocycles. The first-order chi connectivity index (χ1) is 17.9. The van der Waals surface area contributed by atoms with Crippen LogP contribution in [-0.4, -0.2) is 9.55 Å². The molecule has 1 aliphatic rings. The van der Waals surface area contributed by atoms with Crippen molar-refractivity contribution in [2.45, 2.75) is 26.7 Å². The number of hydrogen-bond donors (Lipinski definition) is 1. The van der Waals surface area contributed by atoms with Gasteiger partial charge in [0.05, 0.1) is 16.6 Å². The lowest BCUT2D eigenvalue weighted by Crippen LogP contribution is -2.00. The zero-order chi connectivity index (χ0) is 24.2. The summed E-state index contributed by atoms with van der Waals surface area (Å²) in [6.07, 6.45) is 2.12. The second kappa shape index (κ2) is 8.13. The second-order valence-electron chi connectivity index (χ2n) is 9.41. The summed E-state index contributed by atoms with van der Waals surface area (Å²) >= 11 is 0. The molecule has 36 heavy (non-hydrogen) atoms. The summed E-state index contributed by atoms with van der Waals surface area (Å²) in [5, 5.41) is 5.46. The van der Waals surface area contributed by atoms with Gasteiger partial charge in [-0.1, -0.05) is 86.6 Å². The fraction of sp³-hybridized carbons (Fsp3) is 0.118. The first kappa shape index (κ1) is 21.0. The summed E-state index contributed by atoms with van der Waals surface area (Å²) in [5.41, 5.74) is 11.8. The number of benzene rings is 5. The zero-order valence-corrected chi connectivity index (χ0v) is 20.7. The average Bonchev–Trinajstić information content (AvgIpc) is 3.49. The van der Waals surface area contributed by atoms with Gasteiger partial charge < -0.3 is 9.55 Å². The van der Waals surface area contributed by atoms with E-state index in [2.05, 4.69) is 113 Å². The highest BCUT2D eigenvalue weighted by molar-refractivity contribution is 6.22. The summed E-state index contributed by atoms with van der Waals surface area (Å²) in [4.78, 5) is 3.76. The van der Waals surface area contributed by atoms with E-state index in [1.807, 2.05) is 13.8 Å². The quantitative estimate of drug-likeness (QED) is 0.263. The third kappa shape index (κ3) is 2.91. The Hall–Kier alpha value is -4.30.